The lowest BCUT2D eigenvalue weighted by Gasteiger charge is -1.94. The minimum atomic E-state index is 1.16. The lowest BCUT2D eigenvalue weighted by Crippen LogP contribution is -1.83. The second-order valence-electron chi connectivity index (χ2n) is 2.02. The third-order valence-electron chi connectivity index (χ3n) is 1.35. The van der Waals surface area contributed by atoms with Crippen LogP contribution >= 0.6 is 0 Å². The van der Waals surface area contributed by atoms with Gasteiger partial charge in [0.25, 0.3) is 0 Å². The molecule has 1 aromatic rings. The molecular formula is C9H11N. The Hall–Kier alpha value is -1.24. The Balaban J connectivity index is 3.00. The molecule has 0 amide bonds. The third kappa shape index (κ3) is 1.18. The Labute approximate surface area is 61.3 Å². The van der Waals surface area contributed by atoms with Gasteiger partial charge < -0.3 is 4.57 Å². The molecule has 0 saturated carbocycles. The van der Waals surface area contributed by atoms with Gasteiger partial charge in [0.05, 0.1) is 0 Å². The summed E-state index contributed by atoms with van der Waals surface area (Å²) in [7, 11) is 0. The van der Waals surface area contributed by atoms with Crippen LogP contribution in [0.5, 0.6) is 0 Å². The monoisotopic (exact) mass is 133 g/mol. The van der Waals surface area contributed by atoms with Crippen molar-refractivity contribution in [3.8, 4) is 0 Å². The molecule has 52 valence electrons. The maximum Gasteiger partial charge on any atom is 0.0446 e. The van der Waals surface area contributed by atoms with Gasteiger partial charge in [-0.05, 0) is 25.1 Å². The van der Waals surface area contributed by atoms with E-state index in [0.29, 0.717) is 0 Å². The molecule has 0 spiro atoms. The number of hydrogen-bond donors (Lipinski definition) is 0. The lowest BCUT2D eigenvalue weighted by atomic mass is 10.4. The van der Waals surface area contributed by atoms with Gasteiger partial charge >= 0.3 is 0 Å². The summed E-state index contributed by atoms with van der Waals surface area (Å²) in [5.41, 5.74) is 1.16. The number of nitrogens with zero attached hydrogens (tertiary/aromatic N) is 1. The van der Waals surface area contributed by atoms with E-state index in [-0.39, 0.29) is 0 Å². The molecule has 0 aliphatic rings. The number of allylic oxidation sites excluding steroid dienone is 1. The highest BCUT2D eigenvalue weighted by atomic mass is 14.9. The molecule has 0 aliphatic carbocycles. The number of aromatic nitrogens is 1. The van der Waals surface area contributed by atoms with E-state index in [1.165, 1.54) is 0 Å². The molecule has 0 unspecified atom stereocenters. The van der Waals surface area contributed by atoms with Gasteiger partial charge in [-0.1, -0.05) is 12.7 Å². The van der Waals surface area contributed by atoms with E-state index in [9.17, 15) is 0 Å². The topological polar surface area (TPSA) is 4.93 Å². The Kier molecular flexibility index (Phi) is 2.11. The highest BCUT2D eigenvalue weighted by Crippen LogP contribution is 2.03. The van der Waals surface area contributed by atoms with Crippen LogP contribution in [0.25, 0.3) is 12.3 Å². The van der Waals surface area contributed by atoms with E-state index in [1.54, 1.807) is 6.20 Å². The van der Waals surface area contributed by atoms with Crippen molar-refractivity contribution in [1.29, 1.82) is 0 Å². The molecule has 10 heavy (non-hydrogen) atoms. The lowest BCUT2D eigenvalue weighted by molar-refractivity contribution is 1.15. The van der Waals surface area contributed by atoms with E-state index < -0.39 is 0 Å². The molecule has 0 atom stereocenters. The third-order valence-corrected chi connectivity index (χ3v) is 1.35. The van der Waals surface area contributed by atoms with Crippen molar-refractivity contribution in [3.05, 3.63) is 36.7 Å². The second-order valence-corrected chi connectivity index (χ2v) is 2.02. The van der Waals surface area contributed by atoms with Crippen molar-refractivity contribution in [2.75, 3.05) is 0 Å². The van der Waals surface area contributed by atoms with Crippen LogP contribution in [0, 0.1) is 0 Å². The molecule has 0 saturated heterocycles. The molecule has 1 rings (SSSR count). The summed E-state index contributed by atoms with van der Waals surface area (Å²) < 4.78 is 1.97. The van der Waals surface area contributed by atoms with Crippen LogP contribution in [0.1, 0.15) is 12.6 Å². The Morgan fingerprint density at radius 2 is 2.40 bits per heavy atom. The first-order valence-corrected chi connectivity index (χ1v) is 3.30. The molecular weight excluding hydrogens is 122 g/mol. The maximum atomic E-state index is 3.68. The molecule has 0 fully saturated rings. The van der Waals surface area contributed by atoms with Crippen molar-refractivity contribution < 1.29 is 0 Å². The molecule has 1 aromatic heterocycles. The summed E-state index contributed by atoms with van der Waals surface area (Å²) in [5, 5.41) is 0. The van der Waals surface area contributed by atoms with Crippen LogP contribution in [0.3, 0.4) is 0 Å². The van der Waals surface area contributed by atoms with Crippen LogP contribution in [0.2, 0.25) is 0 Å². The van der Waals surface area contributed by atoms with E-state index in [0.717, 1.165) is 5.69 Å². The van der Waals surface area contributed by atoms with Crippen molar-refractivity contribution in [3.63, 3.8) is 0 Å². The van der Waals surface area contributed by atoms with Crippen molar-refractivity contribution in [2.24, 2.45) is 0 Å². The zero-order valence-electron chi connectivity index (χ0n) is 6.12. The average molecular weight is 133 g/mol. The summed E-state index contributed by atoms with van der Waals surface area (Å²) in [6, 6.07) is 4.04. The van der Waals surface area contributed by atoms with Gasteiger partial charge in [-0.2, -0.15) is 0 Å². The van der Waals surface area contributed by atoms with Gasteiger partial charge in [-0.25, -0.2) is 0 Å². The summed E-state index contributed by atoms with van der Waals surface area (Å²) >= 11 is 0. The van der Waals surface area contributed by atoms with Gasteiger partial charge in [0.1, 0.15) is 0 Å². The molecule has 0 aliphatic heterocycles. The van der Waals surface area contributed by atoms with Gasteiger partial charge in [0.15, 0.2) is 0 Å². The van der Waals surface area contributed by atoms with E-state index >= 15 is 0 Å². The predicted molar refractivity (Wildman–Crippen MR) is 45.5 cm³/mol. The van der Waals surface area contributed by atoms with Crippen molar-refractivity contribution in [1.82, 2.24) is 4.57 Å². The molecule has 0 bridgehead atoms. The van der Waals surface area contributed by atoms with Crippen LogP contribution in [-0.4, -0.2) is 4.57 Å². The summed E-state index contributed by atoms with van der Waals surface area (Å²) in [6.45, 7) is 5.68. The highest BCUT2D eigenvalue weighted by Gasteiger charge is 1.88. The zero-order valence-corrected chi connectivity index (χ0v) is 6.12. The quantitative estimate of drug-likeness (QED) is 0.584. The zero-order chi connectivity index (χ0) is 7.40. The first-order valence-electron chi connectivity index (χ1n) is 3.30. The molecule has 1 nitrogen and oxygen atoms in total. The van der Waals surface area contributed by atoms with E-state index in [1.807, 2.05) is 42.0 Å². The summed E-state index contributed by atoms with van der Waals surface area (Å²) in [4.78, 5) is 0. The van der Waals surface area contributed by atoms with E-state index in [2.05, 4.69) is 6.58 Å². The minimum absolute atomic E-state index is 1.16. The van der Waals surface area contributed by atoms with E-state index in [4.69, 9.17) is 0 Å². The molecule has 0 aromatic carbocycles. The Morgan fingerprint density at radius 1 is 1.60 bits per heavy atom. The standard InChI is InChI=1S/C9H11N/c1-3-6-9-7-5-8-10(9)4-2/h3-8H,2H2,1H3/b6-3-. The molecule has 1 heterocycles. The smallest absolute Gasteiger partial charge is 0.0446 e. The largest absolute Gasteiger partial charge is 0.324 e. The first-order chi connectivity index (χ1) is 4.88. The SMILES string of the molecule is C=Cn1cccc1/C=C\C. The van der Waals surface area contributed by atoms with Crippen molar-refractivity contribution in [2.45, 2.75) is 6.92 Å². The molecule has 1 heteroatoms. The number of rotatable bonds is 2. The molecule has 0 N–H and O–H groups in total. The normalized spacial score (nSPS) is 10.5. The second kappa shape index (κ2) is 3.06. The maximum absolute atomic E-state index is 3.68. The summed E-state index contributed by atoms with van der Waals surface area (Å²) in [5.74, 6) is 0. The van der Waals surface area contributed by atoms with Crippen molar-refractivity contribution >= 4 is 12.3 Å². The molecule has 0 radical (unpaired) electrons. The fourth-order valence-electron chi connectivity index (χ4n) is 0.885. The Bertz CT molecular complexity index is 243. The van der Waals surface area contributed by atoms with Gasteiger partial charge in [-0.3, -0.25) is 0 Å². The highest BCUT2D eigenvalue weighted by molar-refractivity contribution is 5.48. The minimum Gasteiger partial charge on any atom is -0.324 e. The van der Waals surface area contributed by atoms with Crippen LogP contribution in [-0.2, 0) is 0 Å². The van der Waals surface area contributed by atoms with Crippen LogP contribution in [0.15, 0.2) is 31.0 Å². The van der Waals surface area contributed by atoms with Crippen LogP contribution < -0.4 is 0 Å². The predicted octanol–water partition coefficient (Wildman–Crippen LogP) is 2.62. The average Bonchev–Trinajstić information content (AvgIpc) is 2.36. The van der Waals surface area contributed by atoms with Crippen LogP contribution in [0.4, 0.5) is 0 Å². The summed E-state index contributed by atoms with van der Waals surface area (Å²) in [6.07, 6.45) is 7.81. The Morgan fingerprint density at radius 3 is 3.00 bits per heavy atom. The fraction of sp³-hybridized carbons (Fsp3) is 0.111. The van der Waals surface area contributed by atoms with Gasteiger partial charge in [0, 0.05) is 18.1 Å². The van der Waals surface area contributed by atoms with Gasteiger partial charge in [-0.15, -0.1) is 0 Å². The first kappa shape index (κ1) is 6.87. The van der Waals surface area contributed by atoms with Gasteiger partial charge in [0.2, 0.25) is 0 Å². The fourth-order valence-corrected chi connectivity index (χ4v) is 0.885. The number of hydrogen-bond acceptors (Lipinski definition) is 0.